The third-order valence-electron chi connectivity index (χ3n) is 5.64. The van der Waals surface area contributed by atoms with E-state index in [4.69, 9.17) is 9.47 Å². The molecule has 194 valence electrons. The Balaban J connectivity index is 1.32. The van der Waals surface area contributed by atoms with Gasteiger partial charge in [0, 0.05) is 23.5 Å². The second-order valence-electron chi connectivity index (χ2n) is 8.46. The fourth-order valence-corrected chi connectivity index (χ4v) is 3.78. The van der Waals surface area contributed by atoms with Crippen LogP contribution in [0.2, 0.25) is 0 Å². The summed E-state index contributed by atoms with van der Waals surface area (Å²) in [5.41, 5.74) is 0.412. The van der Waals surface area contributed by atoms with Gasteiger partial charge < -0.3 is 25.4 Å². The molecular weight excluding hydrogens is 487 g/mol. The van der Waals surface area contributed by atoms with Gasteiger partial charge in [-0.25, -0.2) is 0 Å². The lowest BCUT2D eigenvalue weighted by Crippen LogP contribution is -2.23. The molecule has 0 saturated carbocycles. The summed E-state index contributed by atoms with van der Waals surface area (Å²) in [5, 5.41) is 8.22. The minimum absolute atomic E-state index is 0.0259. The van der Waals surface area contributed by atoms with Gasteiger partial charge in [0.2, 0.25) is 5.91 Å². The highest BCUT2D eigenvalue weighted by molar-refractivity contribution is 6.05. The summed E-state index contributed by atoms with van der Waals surface area (Å²) >= 11 is 0. The summed E-state index contributed by atoms with van der Waals surface area (Å²) in [6, 6.07) is 17.8. The first-order valence-electron chi connectivity index (χ1n) is 11.7. The minimum atomic E-state index is -4.51. The van der Waals surface area contributed by atoms with Crippen molar-refractivity contribution in [2.45, 2.75) is 25.1 Å². The molecule has 1 heterocycles. The Bertz CT molecular complexity index is 1240. The van der Waals surface area contributed by atoms with Crippen LogP contribution in [-0.2, 0) is 15.7 Å². The van der Waals surface area contributed by atoms with E-state index < -0.39 is 17.6 Å². The Labute approximate surface area is 212 Å². The lowest BCUT2D eigenvalue weighted by atomic mass is 10.1. The molecule has 7 nitrogen and oxygen atoms in total. The molecule has 37 heavy (non-hydrogen) atoms. The monoisotopic (exact) mass is 513 g/mol. The van der Waals surface area contributed by atoms with E-state index in [2.05, 4.69) is 16.0 Å². The average molecular weight is 514 g/mol. The normalized spacial score (nSPS) is 15.2. The maximum atomic E-state index is 12.9. The lowest BCUT2D eigenvalue weighted by molar-refractivity contribution is -0.137. The van der Waals surface area contributed by atoms with Crippen molar-refractivity contribution in [1.82, 2.24) is 0 Å². The quantitative estimate of drug-likeness (QED) is 0.348. The van der Waals surface area contributed by atoms with Gasteiger partial charge in [-0.15, -0.1) is 0 Å². The van der Waals surface area contributed by atoms with Crippen molar-refractivity contribution in [3.63, 3.8) is 0 Å². The summed E-state index contributed by atoms with van der Waals surface area (Å²) in [4.78, 5) is 25.1. The molecule has 3 N–H and O–H groups in total. The predicted octanol–water partition coefficient (Wildman–Crippen LogP) is 5.57. The number of ether oxygens (including phenoxy) is 2. The topological polar surface area (TPSA) is 88.7 Å². The third-order valence-corrected chi connectivity index (χ3v) is 5.64. The summed E-state index contributed by atoms with van der Waals surface area (Å²) in [7, 11) is 0. The van der Waals surface area contributed by atoms with Crippen molar-refractivity contribution >= 4 is 28.9 Å². The molecule has 10 heteroatoms. The first-order chi connectivity index (χ1) is 17.8. The fourth-order valence-electron chi connectivity index (χ4n) is 3.78. The van der Waals surface area contributed by atoms with Crippen LogP contribution in [0.3, 0.4) is 0 Å². The van der Waals surface area contributed by atoms with E-state index in [1.165, 1.54) is 24.3 Å². The summed E-state index contributed by atoms with van der Waals surface area (Å²) < 4.78 is 50.2. The fraction of sp³-hybridized carbons (Fsp3) is 0.259. The maximum Gasteiger partial charge on any atom is 0.416 e. The highest BCUT2D eigenvalue weighted by Gasteiger charge is 2.30. The molecule has 1 unspecified atom stereocenters. The van der Waals surface area contributed by atoms with Gasteiger partial charge in [-0.1, -0.05) is 24.3 Å². The number of rotatable bonds is 9. The smallest absolute Gasteiger partial charge is 0.416 e. The minimum Gasteiger partial charge on any atom is -0.489 e. The first kappa shape index (κ1) is 26.0. The van der Waals surface area contributed by atoms with Crippen molar-refractivity contribution in [3.05, 3.63) is 83.9 Å². The zero-order valence-corrected chi connectivity index (χ0v) is 19.8. The van der Waals surface area contributed by atoms with E-state index in [1.54, 1.807) is 30.3 Å². The van der Waals surface area contributed by atoms with Gasteiger partial charge in [-0.3, -0.25) is 9.59 Å². The number of hydrogen-bond donors (Lipinski definition) is 3. The molecule has 0 spiro atoms. The van der Waals surface area contributed by atoms with Crippen molar-refractivity contribution < 1.29 is 32.2 Å². The van der Waals surface area contributed by atoms with Gasteiger partial charge in [-0.05, 0) is 61.4 Å². The van der Waals surface area contributed by atoms with E-state index in [-0.39, 0.29) is 29.8 Å². The Morgan fingerprint density at radius 1 is 0.946 bits per heavy atom. The van der Waals surface area contributed by atoms with E-state index >= 15 is 0 Å². The standard InChI is InChI=1S/C27H26F3N3O4/c28-27(29,30)19-7-4-9-21(15-19)32-26(35)18-6-3-8-20(14-18)31-16-25(34)33-23-11-1-2-12-24(23)37-17-22-10-5-13-36-22/h1-4,6-9,11-12,14-15,22,31H,5,10,13,16-17H2,(H,32,35)(H,33,34). The molecule has 1 fully saturated rings. The zero-order chi connectivity index (χ0) is 26.3. The molecule has 1 saturated heterocycles. The molecule has 3 aromatic carbocycles. The average Bonchev–Trinajstić information content (AvgIpc) is 3.41. The van der Waals surface area contributed by atoms with Crippen LogP contribution in [0.1, 0.15) is 28.8 Å². The van der Waals surface area contributed by atoms with E-state index in [0.29, 0.717) is 23.7 Å². The second kappa shape index (κ2) is 11.8. The number of anilines is 3. The van der Waals surface area contributed by atoms with Crippen molar-refractivity contribution in [3.8, 4) is 5.75 Å². The molecule has 1 aliphatic rings. The Morgan fingerprint density at radius 3 is 2.51 bits per heavy atom. The van der Waals surface area contributed by atoms with E-state index in [0.717, 1.165) is 31.6 Å². The van der Waals surface area contributed by atoms with Crippen LogP contribution in [0, 0.1) is 0 Å². The van der Waals surface area contributed by atoms with Gasteiger partial charge in [0.05, 0.1) is 23.9 Å². The van der Waals surface area contributed by atoms with Crippen LogP contribution < -0.4 is 20.7 Å². The maximum absolute atomic E-state index is 12.9. The number of hydrogen-bond acceptors (Lipinski definition) is 5. The van der Waals surface area contributed by atoms with E-state index in [9.17, 15) is 22.8 Å². The number of alkyl halides is 3. The van der Waals surface area contributed by atoms with Crippen LogP contribution in [-0.4, -0.2) is 37.7 Å². The van der Waals surface area contributed by atoms with Crippen molar-refractivity contribution in [2.24, 2.45) is 0 Å². The van der Waals surface area contributed by atoms with Crippen LogP contribution >= 0.6 is 0 Å². The molecule has 0 radical (unpaired) electrons. The van der Waals surface area contributed by atoms with Crippen molar-refractivity contribution in [2.75, 3.05) is 35.7 Å². The zero-order valence-electron chi connectivity index (χ0n) is 19.8. The summed E-state index contributed by atoms with van der Waals surface area (Å²) in [5.74, 6) is -0.364. The number of carbonyl (C=O) groups is 2. The Hall–Kier alpha value is -4.05. The third kappa shape index (κ3) is 7.47. The molecule has 0 aliphatic carbocycles. The Morgan fingerprint density at radius 2 is 1.73 bits per heavy atom. The highest BCUT2D eigenvalue weighted by Crippen LogP contribution is 2.31. The van der Waals surface area contributed by atoms with Crippen LogP contribution in [0.15, 0.2) is 72.8 Å². The van der Waals surface area contributed by atoms with Gasteiger partial charge in [0.25, 0.3) is 5.91 Å². The number of nitrogens with one attached hydrogen (secondary N) is 3. The summed E-state index contributed by atoms with van der Waals surface area (Å²) in [6.45, 7) is 1.05. The second-order valence-corrected chi connectivity index (χ2v) is 8.46. The molecule has 1 atom stereocenters. The molecule has 1 aliphatic heterocycles. The van der Waals surface area contributed by atoms with Gasteiger partial charge in [0.1, 0.15) is 12.4 Å². The first-order valence-corrected chi connectivity index (χ1v) is 11.7. The van der Waals surface area contributed by atoms with E-state index in [1.807, 2.05) is 6.07 Å². The number of amides is 2. The largest absolute Gasteiger partial charge is 0.489 e. The molecular formula is C27H26F3N3O4. The predicted molar refractivity (Wildman–Crippen MR) is 134 cm³/mol. The summed E-state index contributed by atoms with van der Waals surface area (Å²) in [6.07, 6.45) is -2.52. The van der Waals surface area contributed by atoms with Crippen LogP contribution in [0.25, 0.3) is 0 Å². The highest BCUT2D eigenvalue weighted by atomic mass is 19.4. The number of benzene rings is 3. The molecule has 3 aromatic rings. The molecule has 2 amide bonds. The van der Waals surface area contributed by atoms with Crippen LogP contribution in [0.5, 0.6) is 5.75 Å². The van der Waals surface area contributed by atoms with Crippen molar-refractivity contribution in [1.29, 1.82) is 0 Å². The van der Waals surface area contributed by atoms with Crippen LogP contribution in [0.4, 0.5) is 30.2 Å². The number of carbonyl (C=O) groups excluding carboxylic acids is 2. The molecule has 0 bridgehead atoms. The van der Waals surface area contributed by atoms with Gasteiger partial charge in [-0.2, -0.15) is 13.2 Å². The van der Waals surface area contributed by atoms with Gasteiger partial charge in [0.15, 0.2) is 0 Å². The SMILES string of the molecule is O=C(CNc1cccc(C(=O)Nc2cccc(C(F)(F)F)c2)c1)Nc1ccccc1OCC1CCCO1. The Kier molecular flexibility index (Phi) is 8.29. The van der Waals surface area contributed by atoms with Gasteiger partial charge >= 0.3 is 6.18 Å². The lowest BCUT2D eigenvalue weighted by Gasteiger charge is -2.15. The molecule has 4 rings (SSSR count). The number of halogens is 3. The molecule has 0 aromatic heterocycles. The number of para-hydroxylation sites is 2.